The summed E-state index contributed by atoms with van der Waals surface area (Å²) in [6.45, 7) is 2.10. The van der Waals surface area contributed by atoms with Crippen molar-refractivity contribution in [3.63, 3.8) is 0 Å². The number of hydrogen-bond acceptors (Lipinski definition) is 3. The minimum absolute atomic E-state index is 0.200. The van der Waals surface area contributed by atoms with Gasteiger partial charge < -0.3 is 9.47 Å². The van der Waals surface area contributed by atoms with Gasteiger partial charge in [0, 0.05) is 12.8 Å². The van der Waals surface area contributed by atoms with E-state index in [1.54, 1.807) is 0 Å². The Kier molecular flexibility index (Phi) is 2.51. The van der Waals surface area contributed by atoms with Crippen LogP contribution in [0.1, 0.15) is 18.1 Å². The van der Waals surface area contributed by atoms with Crippen molar-refractivity contribution < 1.29 is 9.47 Å². The number of hydrogen-bond donors (Lipinski definition) is 1. The van der Waals surface area contributed by atoms with Crippen LogP contribution in [-0.4, -0.2) is 12.3 Å². The molecule has 0 radical (unpaired) electrons. The van der Waals surface area contributed by atoms with Crippen molar-refractivity contribution in [1.82, 2.24) is 0 Å². The van der Waals surface area contributed by atoms with E-state index in [1.165, 1.54) is 22.3 Å². The molecule has 0 saturated heterocycles. The maximum Gasteiger partial charge on any atom is 0.151 e. The summed E-state index contributed by atoms with van der Waals surface area (Å²) in [5, 5.41) is 0. The number of rotatable bonds is 1. The Labute approximate surface area is 118 Å². The topological polar surface area (TPSA) is 44.5 Å². The highest BCUT2D eigenvalue weighted by atomic mass is 16.5. The number of fused-ring (bicyclic) bond motifs is 2. The smallest absolute Gasteiger partial charge is 0.151 e. The second-order valence-corrected chi connectivity index (χ2v) is 5.64. The molecule has 3 heteroatoms. The normalized spacial score (nSPS) is 22.9. The largest absolute Gasteiger partial charge is 0.490 e. The molecule has 2 aromatic rings. The van der Waals surface area contributed by atoms with E-state index in [-0.39, 0.29) is 12.3 Å². The van der Waals surface area contributed by atoms with Crippen LogP contribution in [0.3, 0.4) is 0 Å². The lowest BCUT2D eigenvalue weighted by atomic mass is 9.99. The van der Waals surface area contributed by atoms with Gasteiger partial charge in [-0.15, -0.1) is 0 Å². The van der Waals surface area contributed by atoms with Gasteiger partial charge in [-0.1, -0.05) is 12.1 Å². The first-order chi connectivity index (χ1) is 9.69. The van der Waals surface area contributed by atoms with Gasteiger partial charge in [0.05, 0.1) is 0 Å². The number of ether oxygens (including phenoxy) is 2. The van der Waals surface area contributed by atoms with Crippen molar-refractivity contribution in [2.75, 3.05) is 0 Å². The molecule has 2 unspecified atom stereocenters. The molecule has 0 saturated carbocycles. The molecule has 2 aromatic carbocycles. The third kappa shape index (κ3) is 1.86. The van der Waals surface area contributed by atoms with E-state index in [1.807, 2.05) is 6.07 Å². The first-order valence-electron chi connectivity index (χ1n) is 7.04. The van der Waals surface area contributed by atoms with Gasteiger partial charge >= 0.3 is 0 Å². The quantitative estimate of drug-likeness (QED) is 0.864. The molecule has 0 spiro atoms. The van der Waals surface area contributed by atoms with E-state index in [0.29, 0.717) is 0 Å². The van der Waals surface area contributed by atoms with Crippen LogP contribution in [0.2, 0.25) is 0 Å². The van der Waals surface area contributed by atoms with Crippen molar-refractivity contribution >= 4 is 0 Å². The van der Waals surface area contributed by atoms with Crippen LogP contribution in [0.5, 0.6) is 11.5 Å². The summed E-state index contributed by atoms with van der Waals surface area (Å²) in [6, 6.07) is 12.7. The predicted octanol–water partition coefficient (Wildman–Crippen LogP) is 2.90. The third-order valence-electron chi connectivity index (χ3n) is 3.99. The average Bonchev–Trinajstić information content (AvgIpc) is 2.97. The summed E-state index contributed by atoms with van der Waals surface area (Å²) in [5.74, 6) is 1.94. The maximum absolute atomic E-state index is 5.82. The van der Waals surface area contributed by atoms with Gasteiger partial charge in [-0.3, -0.25) is 5.73 Å². The minimum atomic E-state index is -0.200. The molecule has 2 aliphatic heterocycles. The fourth-order valence-corrected chi connectivity index (χ4v) is 3.06. The zero-order valence-electron chi connectivity index (χ0n) is 11.4. The molecule has 2 atom stereocenters. The van der Waals surface area contributed by atoms with Crippen LogP contribution < -0.4 is 15.2 Å². The van der Waals surface area contributed by atoms with Gasteiger partial charge in [0.25, 0.3) is 0 Å². The molecule has 4 rings (SSSR count). The van der Waals surface area contributed by atoms with Gasteiger partial charge in [-0.2, -0.15) is 0 Å². The van der Waals surface area contributed by atoms with Gasteiger partial charge in [0.15, 0.2) is 6.23 Å². The second-order valence-electron chi connectivity index (χ2n) is 5.64. The lowest BCUT2D eigenvalue weighted by molar-refractivity contribution is 0.241. The van der Waals surface area contributed by atoms with Gasteiger partial charge in [0.2, 0.25) is 0 Å². The Morgan fingerprint density at radius 3 is 2.20 bits per heavy atom. The number of benzene rings is 2. The molecule has 2 heterocycles. The van der Waals surface area contributed by atoms with Crippen molar-refractivity contribution in [3.05, 3.63) is 47.5 Å². The highest BCUT2D eigenvalue weighted by molar-refractivity contribution is 5.68. The van der Waals surface area contributed by atoms with Gasteiger partial charge in [-0.05, 0) is 53.4 Å². The van der Waals surface area contributed by atoms with E-state index in [9.17, 15) is 0 Å². The fraction of sp³-hybridized carbons (Fsp3) is 0.294. The van der Waals surface area contributed by atoms with Crippen LogP contribution in [0, 0.1) is 0 Å². The van der Waals surface area contributed by atoms with E-state index in [0.717, 1.165) is 24.3 Å². The Balaban J connectivity index is 1.72. The standard InChI is InChI=1S/C17H17NO2/c1-10-6-13-7-11(2-4-15(13)19-10)12-3-5-16-14(8-12)9-17(18)20-16/h2-5,7-8,10,17H,6,9,18H2,1H3. The minimum Gasteiger partial charge on any atom is -0.490 e. The molecule has 102 valence electrons. The van der Waals surface area contributed by atoms with Crippen molar-refractivity contribution in [2.24, 2.45) is 5.73 Å². The Morgan fingerprint density at radius 2 is 1.50 bits per heavy atom. The Bertz CT molecular complexity index is 621. The average molecular weight is 267 g/mol. The maximum atomic E-state index is 5.82. The summed E-state index contributed by atoms with van der Waals surface area (Å²) in [4.78, 5) is 0. The molecule has 20 heavy (non-hydrogen) atoms. The van der Waals surface area contributed by atoms with Crippen molar-refractivity contribution in [1.29, 1.82) is 0 Å². The molecular formula is C17H17NO2. The predicted molar refractivity (Wildman–Crippen MR) is 78.0 cm³/mol. The zero-order chi connectivity index (χ0) is 13.7. The first-order valence-corrected chi connectivity index (χ1v) is 7.04. The van der Waals surface area contributed by atoms with Crippen molar-refractivity contribution in [3.8, 4) is 22.6 Å². The molecule has 2 aliphatic rings. The molecular weight excluding hydrogens is 250 g/mol. The van der Waals surface area contributed by atoms with Crippen LogP contribution >= 0.6 is 0 Å². The molecule has 3 nitrogen and oxygen atoms in total. The van der Waals surface area contributed by atoms with Gasteiger partial charge in [-0.25, -0.2) is 0 Å². The third-order valence-corrected chi connectivity index (χ3v) is 3.99. The molecule has 0 bridgehead atoms. The summed E-state index contributed by atoms with van der Waals surface area (Å²) in [6.07, 6.45) is 1.86. The molecule has 0 amide bonds. The van der Waals surface area contributed by atoms with Crippen LogP contribution in [-0.2, 0) is 12.8 Å². The van der Waals surface area contributed by atoms with Gasteiger partial charge in [0.1, 0.15) is 17.6 Å². The van der Waals surface area contributed by atoms with E-state index < -0.39 is 0 Å². The van der Waals surface area contributed by atoms with Crippen LogP contribution in [0.4, 0.5) is 0 Å². The zero-order valence-corrected chi connectivity index (χ0v) is 11.4. The summed E-state index contributed by atoms with van der Waals surface area (Å²) < 4.78 is 11.3. The first kappa shape index (κ1) is 11.8. The monoisotopic (exact) mass is 267 g/mol. The van der Waals surface area contributed by atoms with Crippen molar-refractivity contribution in [2.45, 2.75) is 32.1 Å². The summed E-state index contributed by atoms with van der Waals surface area (Å²) in [7, 11) is 0. The van der Waals surface area contributed by atoms with E-state index >= 15 is 0 Å². The SMILES string of the molecule is CC1Cc2cc(-c3ccc4c(c3)CC(N)O4)ccc2O1. The van der Waals surface area contributed by atoms with Crippen LogP contribution in [0.15, 0.2) is 36.4 Å². The molecule has 0 fully saturated rings. The second kappa shape index (κ2) is 4.25. The fourth-order valence-electron chi connectivity index (χ4n) is 3.06. The lowest BCUT2D eigenvalue weighted by Crippen LogP contribution is -2.23. The highest BCUT2D eigenvalue weighted by Gasteiger charge is 2.21. The summed E-state index contributed by atoms with van der Waals surface area (Å²) >= 11 is 0. The van der Waals surface area contributed by atoms with Crippen LogP contribution in [0.25, 0.3) is 11.1 Å². The Hall–Kier alpha value is -2.00. The Morgan fingerprint density at radius 1 is 0.900 bits per heavy atom. The molecule has 0 aliphatic carbocycles. The highest BCUT2D eigenvalue weighted by Crippen LogP contribution is 2.35. The van der Waals surface area contributed by atoms with E-state index in [2.05, 4.69) is 37.3 Å². The lowest BCUT2D eigenvalue weighted by Gasteiger charge is -2.06. The number of nitrogens with two attached hydrogens (primary N) is 1. The molecule has 0 aromatic heterocycles. The summed E-state index contributed by atoms with van der Waals surface area (Å²) in [5.41, 5.74) is 10.8. The molecule has 2 N–H and O–H groups in total. The van der Waals surface area contributed by atoms with E-state index in [4.69, 9.17) is 15.2 Å².